The maximum Gasteiger partial charge on any atom is 0.390 e. The monoisotopic (exact) mass is 888 g/mol. The molecule has 0 aliphatic heterocycles. The summed E-state index contributed by atoms with van der Waals surface area (Å²) < 4.78 is 88.1. The topological polar surface area (TPSA) is 157 Å². The van der Waals surface area contributed by atoms with Crippen molar-refractivity contribution in [3.63, 3.8) is 0 Å². The highest BCUT2D eigenvalue weighted by atomic mass is 79.9. The average Bonchev–Trinajstić information content (AvgIpc) is 3.80. The fraction of sp³-hybridized carbons (Fsp3) is 0.282. The fourth-order valence-electron chi connectivity index (χ4n) is 5.77. The first kappa shape index (κ1) is 43.9. The van der Waals surface area contributed by atoms with Crippen LogP contribution in [0.4, 0.5) is 38.0 Å². The van der Waals surface area contributed by atoms with Crippen molar-refractivity contribution in [1.29, 1.82) is 0 Å². The van der Waals surface area contributed by atoms with Gasteiger partial charge in [-0.15, -0.1) is 0 Å². The van der Waals surface area contributed by atoms with Crippen molar-refractivity contribution in [3.05, 3.63) is 93.7 Å². The van der Waals surface area contributed by atoms with Gasteiger partial charge in [-0.3, -0.25) is 8.80 Å². The van der Waals surface area contributed by atoms with Crippen molar-refractivity contribution in [1.82, 2.24) is 28.7 Å². The number of alkyl halides is 6. The van der Waals surface area contributed by atoms with Crippen LogP contribution >= 0.6 is 15.9 Å². The molecule has 0 fully saturated rings. The molecule has 0 atom stereocenters. The average molecular weight is 890 g/mol. The maximum atomic E-state index is 12.5. The van der Waals surface area contributed by atoms with Gasteiger partial charge in [-0.2, -0.15) is 26.3 Å². The van der Waals surface area contributed by atoms with Gasteiger partial charge in [0, 0.05) is 36.6 Å². The van der Waals surface area contributed by atoms with Crippen LogP contribution in [0.1, 0.15) is 50.4 Å². The Bertz CT molecular complexity index is 2560. The molecule has 0 amide bonds. The lowest BCUT2D eigenvalue weighted by Crippen LogP contribution is -2.16. The molecular weight excluding hydrogens is 854 g/mol. The van der Waals surface area contributed by atoms with E-state index in [0.29, 0.717) is 44.0 Å². The molecule has 0 bridgehead atoms. The summed E-state index contributed by atoms with van der Waals surface area (Å²) in [6.45, 7) is 2.49. The molecule has 0 unspecified atom stereocenters. The number of aromatic nitrogens is 6. The summed E-state index contributed by atoms with van der Waals surface area (Å²) in [5.41, 5.74) is 6.12. The largest absolute Gasteiger partial charge is 0.465 e. The zero-order valence-electron chi connectivity index (χ0n) is 31.7. The van der Waals surface area contributed by atoms with Crippen molar-refractivity contribution < 1.29 is 50.5 Å². The standard InChI is InChI=1S/C21H19F3N4O3.C18H16BrF3N4O2/c1-13-10-14(5-6-16(13)20(30)31-2)17-11-26-19-18(25-8-7-21(22,23)24)27-15(4-3-9-29)12-28(17)19;1-10-7-11(3-4-12(10)17(27)28-2)13-8-24-16-15(23-6-5-18(20,21)22)25-14(19)9-26(13)16/h5-6,10-12,29H,7-9H2,1-2H3,(H,25,27);3-4,7-9H,5-6H2,1-2H3,(H,23,25). The van der Waals surface area contributed by atoms with Crippen molar-refractivity contribution in [2.45, 2.75) is 39.0 Å². The number of nitrogens with one attached hydrogen (secondary N) is 2. The van der Waals surface area contributed by atoms with Gasteiger partial charge in [0.1, 0.15) is 16.9 Å². The van der Waals surface area contributed by atoms with E-state index in [9.17, 15) is 35.9 Å². The summed E-state index contributed by atoms with van der Waals surface area (Å²) in [5.74, 6) is 4.64. The minimum Gasteiger partial charge on any atom is -0.465 e. The number of fused-ring (bicyclic) bond motifs is 2. The van der Waals surface area contributed by atoms with Crippen LogP contribution in [0.3, 0.4) is 0 Å². The number of nitrogens with zero attached hydrogens (tertiary/aromatic N) is 6. The predicted molar refractivity (Wildman–Crippen MR) is 209 cm³/mol. The SMILES string of the molecule is COC(=O)c1ccc(-c2cnc3c(NCCC(F)(F)F)nc(Br)cn23)cc1C.COC(=O)c1ccc(-c2cnc3c(NCCC(F)(F)F)nc(C#CCO)cn23)cc1C. The van der Waals surface area contributed by atoms with Gasteiger partial charge in [0.15, 0.2) is 22.9 Å². The van der Waals surface area contributed by atoms with Crippen LogP contribution in [0.2, 0.25) is 0 Å². The third-order valence-corrected chi connectivity index (χ3v) is 8.89. The van der Waals surface area contributed by atoms with E-state index >= 15 is 0 Å². The molecule has 0 aliphatic rings. The normalized spacial score (nSPS) is 11.4. The molecular formula is C39H35BrF6N8O5. The van der Waals surface area contributed by atoms with Crippen molar-refractivity contribution in [3.8, 4) is 34.4 Å². The summed E-state index contributed by atoms with van der Waals surface area (Å²) in [6.07, 6.45) is -4.15. The van der Waals surface area contributed by atoms with Crippen LogP contribution < -0.4 is 10.6 Å². The number of anilines is 2. The Morgan fingerprint density at radius 2 is 1.22 bits per heavy atom. The van der Waals surface area contributed by atoms with Gasteiger partial charge in [-0.1, -0.05) is 18.1 Å². The van der Waals surface area contributed by atoms with E-state index in [-0.39, 0.29) is 37.0 Å². The third kappa shape index (κ3) is 11.1. The summed E-state index contributed by atoms with van der Waals surface area (Å²) in [5, 5.41) is 14.3. The van der Waals surface area contributed by atoms with Gasteiger partial charge in [-0.05, 0) is 71.1 Å². The van der Waals surface area contributed by atoms with Gasteiger partial charge in [0.25, 0.3) is 0 Å². The van der Waals surface area contributed by atoms with Gasteiger partial charge in [0.05, 0.1) is 62.0 Å². The lowest BCUT2D eigenvalue weighted by Gasteiger charge is -2.11. The molecule has 6 aromatic rings. The molecule has 4 aromatic heterocycles. The van der Waals surface area contributed by atoms with E-state index in [1.54, 1.807) is 77.8 Å². The van der Waals surface area contributed by atoms with Gasteiger partial charge in [-0.25, -0.2) is 29.5 Å². The molecule has 310 valence electrons. The Kier molecular flexibility index (Phi) is 13.8. The smallest absolute Gasteiger partial charge is 0.390 e. The number of halogens is 7. The minimum atomic E-state index is -4.31. The van der Waals surface area contributed by atoms with E-state index < -0.39 is 37.1 Å². The number of aryl methyl sites for hydroxylation is 2. The van der Waals surface area contributed by atoms with Crippen LogP contribution in [-0.4, -0.2) is 92.1 Å². The number of aliphatic hydroxyl groups is 1. The minimum absolute atomic E-state index is 0.142. The number of ether oxygens (including phenoxy) is 2. The lowest BCUT2D eigenvalue weighted by atomic mass is 10.0. The summed E-state index contributed by atoms with van der Waals surface area (Å²) in [6, 6.07) is 10.4. The van der Waals surface area contributed by atoms with E-state index in [2.05, 4.69) is 58.3 Å². The Hall–Kier alpha value is -6.20. The van der Waals surface area contributed by atoms with Crippen LogP contribution in [0.25, 0.3) is 33.8 Å². The highest BCUT2D eigenvalue weighted by Crippen LogP contribution is 2.30. The van der Waals surface area contributed by atoms with E-state index in [1.807, 2.05) is 6.07 Å². The number of methoxy groups -OCH3 is 2. The lowest BCUT2D eigenvalue weighted by molar-refractivity contribution is -0.132. The number of imidazole rings is 2. The maximum absolute atomic E-state index is 12.5. The molecule has 0 saturated carbocycles. The molecule has 0 radical (unpaired) electrons. The van der Waals surface area contributed by atoms with Crippen LogP contribution in [0, 0.1) is 25.7 Å². The number of esters is 2. The summed E-state index contributed by atoms with van der Waals surface area (Å²) >= 11 is 3.28. The zero-order chi connectivity index (χ0) is 43.1. The first-order chi connectivity index (χ1) is 27.9. The number of hydrogen-bond acceptors (Lipinski definition) is 11. The first-order valence-electron chi connectivity index (χ1n) is 17.4. The van der Waals surface area contributed by atoms with Crippen molar-refractivity contribution in [2.24, 2.45) is 0 Å². The molecule has 4 heterocycles. The zero-order valence-corrected chi connectivity index (χ0v) is 33.3. The van der Waals surface area contributed by atoms with Crippen LogP contribution in [0.5, 0.6) is 0 Å². The van der Waals surface area contributed by atoms with E-state index in [0.717, 1.165) is 16.7 Å². The van der Waals surface area contributed by atoms with Crippen molar-refractivity contribution in [2.75, 3.05) is 44.5 Å². The van der Waals surface area contributed by atoms with Gasteiger partial charge in [0.2, 0.25) is 0 Å². The molecule has 0 saturated heterocycles. The molecule has 3 N–H and O–H groups in total. The Morgan fingerprint density at radius 3 is 1.64 bits per heavy atom. The van der Waals surface area contributed by atoms with E-state index in [1.165, 1.54) is 14.2 Å². The predicted octanol–water partition coefficient (Wildman–Crippen LogP) is 7.82. The Morgan fingerprint density at radius 1 is 0.763 bits per heavy atom. The number of carbonyl (C=O) groups excluding carboxylic acids is 2. The molecule has 13 nitrogen and oxygen atoms in total. The number of rotatable bonds is 10. The second-order valence-corrected chi connectivity index (χ2v) is 13.5. The molecule has 59 heavy (non-hydrogen) atoms. The second kappa shape index (κ2) is 18.6. The number of carbonyl (C=O) groups is 2. The highest BCUT2D eigenvalue weighted by Gasteiger charge is 2.27. The number of benzene rings is 2. The number of hydrogen-bond donors (Lipinski definition) is 3. The molecule has 20 heteroatoms. The third-order valence-electron chi connectivity index (χ3n) is 8.51. The first-order valence-corrected chi connectivity index (χ1v) is 18.2. The number of aliphatic hydroxyl groups excluding tert-OH is 1. The Labute approximate surface area is 341 Å². The van der Waals surface area contributed by atoms with Gasteiger partial charge < -0.3 is 25.2 Å². The summed E-state index contributed by atoms with van der Waals surface area (Å²) in [7, 11) is 2.62. The summed E-state index contributed by atoms with van der Waals surface area (Å²) in [4.78, 5) is 40.6. The Balaban J connectivity index is 0.000000225. The van der Waals surface area contributed by atoms with Crippen LogP contribution in [-0.2, 0) is 9.47 Å². The quantitative estimate of drug-likeness (QED) is 0.0700. The van der Waals surface area contributed by atoms with Gasteiger partial charge >= 0.3 is 24.3 Å². The fourth-order valence-corrected chi connectivity index (χ4v) is 6.15. The van der Waals surface area contributed by atoms with E-state index in [4.69, 9.17) is 14.6 Å². The van der Waals surface area contributed by atoms with Crippen molar-refractivity contribution >= 4 is 50.8 Å². The second-order valence-electron chi connectivity index (χ2n) is 12.6. The molecule has 2 aromatic carbocycles. The molecule has 0 spiro atoms. The molecule has 0 aliphatic carbocycles. The highest BCUT2D eigenvalue weighted by molar-refractivity contribution is 9.10. The molecule has 6 rings (SSSR count). The van der Waals surface area contributed by atoms with Crippen LogP contribution in [0.15, 0.2) is 65.8 Å².